The van der Waals surface area contributed by atoms with E-state index in [0.29, 0.717) is 11.8 Å². The summed E-state index contributed by atoms with van der Waals surface area (Å²) in [4.78, 5) is 2.39. The second-order valence-electron chi connectivity index (χ2n) is 13.1. The molecule has 8 rings (SSSR count). The number of anilines is 3. The molecule has 218 valence electrons. The maximum absolute atomic E-state index is 2.39. The molecule has 1 aliphatic rings. The Kier molecular flexibility index (Phi) is 6.57. The Balaban J connectivity index is 1.21. The van der Waals surface area contributed by atoms with Crippen LogP contribution in [0.4, 0.5) is 17.1 Å². The Morgan fingerprint density at radius 3 is 1.31 bits per heavy atom. The number of rotatable bonds is 6. The molecule has 7 aromatic rings. The minimum absolute atomic E-state index is 0.501. The molecule has 0 fully saturated rings. The van der Waals surface area contributed by atoms with Crippen molar-refractivity contribution in [3.05, 3.63) is 151 Å². The maximum Gasteiger partial charge on any atom is 0.0468 e. The topological polar surface area (TPSA) is 3.24 Å². The van der Waals surface area contributed by atoms with Crippen LogP contribution in [0.3, 0.4) is 0 Å². The van der Waals surface area contributed by atoms with Gasteiger partial charge in [-0.3, -0.25) is 0 Å². The third kappa shape index (κ3) is 4.80. The van der Waals surface area contributed by atoms with E-state index in [1.54, 1.807) is 0 Å². The molecule has 7 aromatic carbocycles. The fraction of sp³-hybridized carbons (Fsp3) is 0.136. The summed E-state index contributed by atoms with van der Waals surface area (Å²) < 4.78 is 0. The number of hydrogen-bond acceptors (Lipinski definition) is 1. The van der Waals surface area contributed by atoms with E-state index in [4.69, 9.17) is 0 Å². The van der Waals surface area contributed by atoms with Gasteiger partial charge < -0.3 is 4.90 Å². The Labute approximate surface area is 266 Å². The van der Waals surface area contributed by atoms with E-state index in [1.807, 2.05) is 0 Å². The third-order valence-electron chi connectivity index (χ3n) is 9.52. The molecule has 0 radical (unpaired) electrons. The highest BCUT2D eigenvalue weighted by Crippen LogP contribution is 2.51. The van der Waals surface area contributed by atoms with Crippen molar-refractivity contribution >= 4 is 38.6 Å². The molecule has 0 N–H and O–H groups in total. The van der Waals surface area contributed by atoms with Crippen LogP contribution in [0.25, 0.3) is 54.9 Å². The van der Waals surface area contributed by atoms with Gasteiger partial charge in [-0.25, -0.2) is 0 Å². The van der Waals surface area contributed by atoms with Crippen molar-refractivity contribution in [3.8, 4) is 33.4 Å². The van der Waals surface area contributed by atoms with Crippen molar-refractivity contribution in [1.82, 2.24) is 0 Å². The van der Waals surface area contributed by atoms with E-state index in [9.17, 15) is 0 Å². The monoisotopic (exact) mass is 579 g/mol. The minimum atomic E-state index is 0.501. The van der Waals surface area contributed by atoms with Crippen molar-refractivity contribution < 1.29 is 0 Å². The molecule has 0 unspecified atom stereocenters. The molecule has 0 saturated carbocycles. The highest BCUT2D eigenvalue weighted by atomic mass is 15.1. The van der Waals surface area contributed by atoms with Gasteiger partial charge in [0, 0.05) is 17.1 Å². The average Bonchev–Trinajstić information content (AvgIpc) is 3.07. The summed E-state index contributed by atoms with van der Waals surface area (Å²) in [5.41, 5.74) is 14.1. The normalized spacial score (nSPS) is 12.0. The quantitative estimate of drug-likeness (QED) is 0.189. The van der Waals surface area contributed by atoms with Crippen LogP contribution in [0.15, 0.2) is 140 Å². The van der Waals surface area contributed by atoms with Gasteiger partial charge in [0.25, 0.3) is 0 Å². The summed E-state index contributed by atoms with van der Waals surface area (Å²) >= 11 is 0. The standard InChI is InChI=1S/C44H37N/c1-28(2)30-12-17-38(18-13-30)45(39-19-14-31(15-20-39)29(3)4)40-21-16-35-25-42-41-24-34-11-10-33(32-8-6-5-7-9-32)22-36(34)26-43(41)44(42)27-37(35)23-40/h5-29H,1-4H3. The number of benzene rings is 7. The Morgan fingerprint density at radius 2 is 0.800 bits per heavy atom. The van der Waals surface area contributed by atoms with Crippen LogP contribution in [0.2, 0.25) is 0 Å². The summed E-state index contributed by atoms with van der Waals surface area (Å²) in [6.45, 7) is 9.00. The maximum atomic E-state index is 2.39. The van der Waals surface area contributed by atoms with Gasteiger partial charge in [-0.2, -0.15) is 0 Å². The fourth-order valence-electron chi connectivity index (χ4n) is 6.82. The zero-order valence-electron chi connectivity index (χ0n) is 26.4. The Hall–Kier alpha value is -5.14. The van der Waals surface area contributed by atoms with Gasteiger partial charge in [0.1, 0.15) is 0 Å². The average molecular weight is 580 g/mol. The lowest BCUT2D eigenvalue weighted by molar-refractivity contribution is 0.866. The molecule has 1 heteroatoms. The number of nitrogens with zero attached hydrogens (tertiary/aromatic N) is 1. The first-order valence-electron chi connectivity index (χ1n) is 16.1. The predicted octanol–water partition coefficient (Wildman–Crippen LogP) is 13.0. The molecular formula is C44H37N. The van der Waals surface area contributed by atoms with Crippen molar-refractivity contribution in [2.75, 3.05) is 4.90 Å². The minimum Gasteiger partial charge on any atom is -0.310 e. The summed E-state index contributed by atoms with van der Waals surface area (Å²) in [5.74, 6) is 1.00. The van der Waals surface area contributed by atoms with Crippen molar-refractivity contribution in [2.24, 2.45) is 0 Å². The summed E-state index contributed by atoms with van der Waals surface area (Å²) in [6.07, 6.45) is 0. The van der Waals surface area contributed by atoms with Crippen LogP contribution in [0, 0.1) is 0 Å². The largest absolute Gasteiger partial charge is 0.310 e. The van der Waals surface area contributed by atoms with Gasteiger partial charge in [0.15, 0.2) is 0 Å². The first kappa shape index (κ1) is 27.4. The van der Waals surface area contributed by atoms with Gasteiger partial charge in [0.2, 0.25) is 0 Å². The van der Waals surface area contributed by atoms with E-state index in [1.165, 1.54) is 83.1 Å². The van der Waals surface area contributed by atoms with Crippen LogP contribution in [0.5, 0.6) is 0 Å². The van der Waals surface area contributed by atoms with E-state index < -0.39 is 0 Å². The smallest absolute Gasteiger partial charge is 0.0468 e. The van der Waals surface area contributed by atoms with Gasteiger partial charge in [0.05, 0.1) is 0 Å². The zero-order valence-corrected chi connectivity index (χ0v) is 26.4. The van der Waals surface area contributed by atoms with Crippen LogP contribution >= 0.6 is 0 Å². The summed E-state index contributed by atoms with van der Waals surface area (Å²) in [5, 5.41) is 5.11. The first-order valence-corrected chi connectivity index (χ1v) is 16.1. The second-order valence-corrected chi connectivity index (χ2v) is 13.1. The van der Waals surface area contributed by atoms with E-state index >= 15 is 0 Å². The highest BCUT2D eigenvalue weighted by Gasteiger charge is 2.24. The lowest BCUT2D eigenvalue weighted by Gasteiger charge is -2.28. The van der Waals surface area contributed by atoms with E-state index in [0.717, 1.165) is 0 Å². The number of hydrogen-bond donors (Lipinski definition) is 0. The SMILES string of the molecule is CC(C)c1ccc(N(c2ccc(C(C)C)cc2)c2ccc3cc4c(cc3c2)-c2cc3cc(-c5ccccc5)ccc3cc2-4)cc1. The van der Waals surface area contributed by atoms with Crippen molar-refractivity contribution in [2.45, 2.75) is 39.5 Å². The molecule has 1 aliphatic carbocycles. The van der Waals surface area contributed by atoms with Crippen LogP contribution in [-0.2, 0) is 0 Å². The second kappa shape index (κ2) is 10.8. The molecular weight excluding hydrogens is 542 g/mol. The zero-order chi connectivity index (χ0) is 30.7. The lowest BCUT2D eigenvalue weighted by atomic mass is 9.77. The van der Waals surface area contributed by atoms with Crippen molar-refractivity contribution in [1.29, 1.82) is 0 Å². The Bertz CT molecular complexity index is 2140. The molecule has 45 heavy (non-hydrogen) atoms. The predicted molar refractivity (Wildman–Crippen MR) is 194 cm³/mol. The molecule has 0 aliphatic heterocycles. The van der Waals surface area contributed by atoms with Gasteiger partial charge >= 0.3 is 0 Å². The van der Waals surface area contributed by atoms with E-state index in [2.05, 4.69) is 172 Å². The lowest BCUT2D eigenvalue weighted by Crippen LogP contribution is -2.10. The van der Waals surface area contributed by atoms with Crippen LogP contribution < -0.4 is 4.90 Å². The Morgan fingerprint density at radius 1 is 0.356 bits per heavy atom. The van der Waals surface area contributed by atoms with Crippen LogP contribution in [0.1, 0.15) is 50.7 Å². The molecule has 1 nitrogen and oxygen atoms in total. The highest BCUT2D eigenvalue weighted by molar-refractivity contribution is 6.12. The molecule has 0 atom stereocenters. The summed E-state index contributed by atoms with van der Waals surface area (Å²) in [6, 6.07) is 52.0. The molecule has 0 bridgehead atoms. The number of fused-ring (bicyclic) bond motifs is 6. The molecule has 0 saturated heterocycles. The van der Waals surface area contributed by atoms with E-state index in [-0.39, 0.29) is 0 Å². The fourth-order valence-corrected chi connectivity index (χ4v) is 6.82. The summed E-state index contributed by atoms with van der Waals surface area (Å²) in [7, 11) is 0. The molecule has 0 amide bonds. The first-order chi connectivity index (χ1) is 21.9. The van der Waals surface area contributed by atoms with Gasteiger partial charge in [-0.15, -0.1) is 0 Å². The molecule has 0 heterocycles. The molecule has 0 spiro atoms. The van der Waals surface area contributed by atoms with Crippen LogP contribution in [-0.4, -0.2) is 0 Å². The van der Waals surface area contributed by atoms with Gasteiger partial charge in [-0.05, 0) is 145 Å². The third-order valence-corrected chi connectivity index (χ3v) is 9.52. The van der Waals surface area contributed by atoms with Crippen molar-refractivity contribution in [3.63, 3.8) is 0 Å². The van der Waals surface area contributed by atoms with Gasteiger partial charge in [-0.1, -0.05) is 100 Å². The molecule has 0 aromatic heterocycles.